The lowest BCUT2D eigenvalue weighted by atomic mass is 10.1. The van der Waals surface area contributed by atoms with E-state index in [1.165, 1.54) is 17.0 Å². The number of benzene rings is 1. The van der Waals surface area contributed by atoms with Crippen molar-refractivity contribution in [3.63, 3.8) is 0 Å². The second kappa shape index (κ2) is 4.78. The van der Waals surface area contributed by atoms with Crippen LogP contribution < -0.4 is 10.6 Å². The number of fused-ring (bicyclic) bond motifs is 1. The van der Waals surface area contributed by atoms with E-state index in [0.717, 1.165) is 0 Å². The van der Waals surface area contributed by atoms with Gasteiger partial charge in [0, 0.05) is 6.54 Å². The normalized spacial score (nSPS) is 16.1. The number of halogens is 2. The van der Waals surface area contributed by atoms with Gasteiger partial charge in [0.2, 0.25) is 0 Å². The minimum Gasteiger partial charge on any atom is -0.330 e. The van der Waals surface area contributed by atoms with Crippen LogP contribution in [0.25, 0.3) is 0 Å². The standard InChI is InChI=1S/C12H12BrFN2O2/c1-6(4-15)5-16-10-3-9(14)8(13)2-7(10)11(17)12(16)18/h2-3,6H,4-5,15H2,1H3. The van der Waals surface area contributed by atoms with Gasteiger partial charge in [0.25, 0.3) is 11.7 Å². The minimum atomic E-state index is -0.622. The van der Waals surface area contributed by atoms with E-state index >= 15 is 0 Å². The van der Waals surface area contributed by atoms with Crippen molar-refractivity contribution < 1.29 is 14.0 Å². The summed E-state index contributed by atoms with van der Waals surface area (Å²) in [6, 6.07) is 2.55. The van der Waals surface area contributed by atoms with Crippen LogP contribution in [-0.4, -0.2) is 24.8 Å². The molecule has 0 bridgehead atoms. The highest BCUT2D eigenvalue weighted by Gasteiger charge is 2.37. The molecule has 1 atom stereocenters. The molecule has 2 N–H and O–H groups in total. The van der Waals surface area contributed by atoms with E-state index in [4.69, 9.17) is 5.73 Å². The number of rotatable bonds is 3. The maximum Gasteiger partial charge on any atom is 0.299 e. The molecule has 1 aromatic carbocycles. The second-order valence-electron chi connectivity index (χ2n) is 4.37. The van der Waals surface area contributed by atoms with Crippen LogP contribution in [0.4, 0.5) is 10.1 Å². The smallest absolute Gasteiger partial charge is 0.299 e. The van der Waals surface area contributed by atoms with Gasteiger partial charge in [-0.25, -0.2) is 4.39 Å². The number of anilines is 1. The molecule has 1 aliphatic heterocycles. The highest BCUT2D eigenvalue weighted by molar-refractivity contribution is 9.10. The minimum absolute atomic E-state index is 0.0411. The Morgan fingerprint density at radius 3 is 2.72 bits per heavy atom. The average molecular weight is 315 g/mol. The number of ketones is 1. The first-order valence-electron chi connectivity index (χ1n) is 5.51. The molecular formula is C12H12BrFN2O2. The van der Waals surface area contributed by atoms with E-state index in [1.807, 2.05) is 6.92 Å². The van der Waals surface area contributed by atoms with E-state index in [0.29, 0.717) is 18.8 Å². The molecule has 1 amide bonds. The maximum atomic E-state index is 13.5. The van der Waals surface area contributed by atoms with Crippen LogP contribution >= 0.6 is 15.9 Å². The molecule has 6 heteroatoms. The Morgan fingerprint density at radius 2 is 2.11 bits per heavy atom. The Morgan fingerprint density at radius 1 is 1.44 bits per heavy atom. The first kappa shape index (κ1) is 13.2. The third-order valence-electron chi connectivity index (χ3n) is 2.91. The molecule has 0 aromatic heterocycles. The van der Waals surface area contributed by atoms with Crippen molar-refractivity contribution in [3.05, 3.63) is 28.0 Å². The van der Waals surface area contributed by atoms with Crippen molar-refractivity contribution in [1.82, 2.24) is 0 Å². The summed E-state index contributed by atoms with van der Waals surface area (Å²) in [7, 11) is 0. The number of nitrogens with two attached hydrogens (primary N) is 1. The maximum absolute atomic E-state index is 13.5. The van der Waals surface area contributed by atoms with Crippen LogP contribution in [0.1, 0.15) is 17.3 Å². The van der Waals surface area contributed by atoms with E-state index in [9.17, 15) is 14.0 Å². The van der Waals surface area contributed by atoms with Crippen molar-refractivity contribution in [2.45, 2.75) is 6.92 Å². The third kappa shape index (κ3) is 2.06. The Balaban J connectivity index is 2.45. The van der Waals surface area contributed by atoms with Gasteiger partial charge in [-0.15, -0.1) is 0 Å². The summed E-state index contributed by atoms with van der Waals surface area (Å²) in [6.07, 6.45) is 0. The number of Topliss-reactive ketones (excluding diaryl/α,β-unsaturated/α-hetero) is 1. The molecule has 1 aliphatic rings. The lowest BCUT2D eigenvalue weighted by Gasteiger charge is -2.20. The van der Waals surface area contributed by atoms with E-state index < -0.39 is 17.5 Å². The third-order valence-corrected chi connectivity index (χ3v) is 3.52. The molecule has 4 nitrogen and oxygen atoms in total. The summed E-state index contributed by atoms with van der Waals surface area (Å²) in [4.78, 5) is 24.9. The first-order chi connectivity index (χ1) is 8.45. The Hall–Kier alpha value is -1.27. The molecule has 1 aromatic rings. The van der Waals surface area contributed by atoms with Crippen molar-refractivity contribution in [2.75, 3.05) is 18.0 Å². The molecule has 0 saturated heterocycles. The van der Waals surface area contributed by atoms with Crippen LogP contribution in [-0.2, 0) is 4.79 Å². The molecule has 18 heavy (non-hydrogen) atoms. The van der Waals surface area contributed by atoms with E-state index in [-0.39, 0.29) is 16.0 Å². The summed E-state index contributed by atoms with van der Waals surface area (Å²) >= 11 is 3.00. The van der Waals surface area contributed by atoms with Gasteiger partial charge in [-0.1, -0.05) is 6.92 Å². The molecule has 0 fully saturated rings. The Bertz CT molecular complexity index is 533. The van der Waals surface area contributed by atoms with Crippen LogP contribution in [0.3, 0.4) is 0 Å². The van der Waals surface area contributed by atoms with Crippen LogP contribution in [0, 0.1) is 11.7 Å². The molecule has 0 saturated carbocycles. The number of amides is 1. The number of hydrogen-bond acceptors (Lipinski definition) is 3. The zero-order valence-corrected chi connectivity index (χ0v) is 11.3. The number of nitrogens with zero attached hydrogens (tertiary/aromatic N) is 1. The number of carbonyl (C=O) groups is 2. The fourth-order valence-corrected chi connectivity index (χ4v) is 2.20. The lowest BCUT2D eigenvalue weighted by molar-refractivity contribution is -0.114. The topological polar surface area (TPSA) is 63.4 Å². The predicted molar refractivity (Wildman–Crippen MR) is 69.0 cm³/mol. The van der Waals surface area contributed by atoms with Gasteiger partial charge in [-0.2, -0.15) is 0 Å². The summed E-state index contributed by atoms with van der Waals surface area (Å²) in [5, 5.41) is 0. The van der Waals surface area contributed by atoms with Crippen molar-refractivity contribution in [1.29, 1.82) is 0 Å². The van der Waals surface area contributed by atoms with Gasteiger partial charge in [0.05, 0.1) is 15.7 Å². The summed E-state index contributed by atoms with van der Waals surface area (Å²) in [5.41, 5.74) is 6.06. The summed E-state index contributed by atoms with van der Waals surface area (Å²) in [6.45, 7) is 2.58. The van der Waals surface area contributed by atoms with Gasteiger partial charge >= 0.3 is 0 Å². The SMILES string of the molecule is CC(CN)CN1C(=O)C(=O)c2cc(Br)c(F)cc21. The number of hydrogen-bond donors (Lipinski definition) is 1. The van der Waals surface area contributed by atoms with Gasteiger partial charge < -0.3 is 10.6 Å². The zero-order valence-electron chi connectivity index (χ0n) is 9.74. The largest absolute Gasteiger partial charge is 0.330 e. The Kier molecular flexibility index (Phi) is 3.49. The quantitative estimate of drug-likeness (QED) is 0.864. The van der Waals surface area contributed by atoms with Gasteiger partial charge in [-0.05, 0) is 40.5 Å². The van der Waals surface area contributed by atoms with Gasteiger partial charge in [0.15, 0.2) is 0 Å². The molecule has 0 aliphatic carbocycles. The summed E-state index contributed by atoms with van der Waals surface area (Å²) < 4.78 is 13.7. The van der Waals surface area contributed by atoms with Crippen LogP contribution in [0.2, 0.25) is 0 Å². The van der Waals surface area contributed by atoms with Gasteiger partial charge in [0.1, 0.15) is 5.82 Å². The van der Waals surface area contributed by atoms with Crippen LogP contribution in [0.5, 0.6) is 0 Å². The van der Waals surface area contributed by atoms with E-state index in [1.54, 1.807) is 0 Å². The molecule has 96 valence electrons. The highest BCUT2D eigenvalue weighted by atomic mass is 79.9. The molecule has 1 heterocycles. The second-order valence-corrected chi connectivity index (χ2v) is 5.22. The van der Waals surface area contributed by atoms with Crippen molar-refractivity contribution >= 4 is 33.3 Å². The number of carbonyl (C=O) groups excluding carboxylic acids is 2. The zero-order chi connectivity index (χ0) is 13.4. The van der Waals surface area contributed by atoms with E-state index in [2.05, 4.69) is 15.9 Å². The molecule has 1 unspecified atom stereocenters. The predicted octanol–water partition coefficient (Wildman–Crippen LogP) is 1.71. The highest BCUT2D eigenvalue weighted by Crippen LogP contribution is 2.33. The lowest BCUT2D eigenvalue weighted by Crippen LogP contribution is -2.35. The monoisotopic (exact) mass is 314 g/mol. The molecule has 2 rings (SSSR count). The van der Waals surface area contributed by atoms with Crippen molar-refractivity contribution in [2.24, 2.45) is 11.7 Å². The average Bonchev–Trinajstić information content (AvgIpc) is 2.56. The molecule has 0 radical (unpaired) electrons. The van der Waals surface area contributed by atoms with Crippen molar-refractivity contribution in [3.8, 4) is 0 Å². The van der Waals surface area contributed by atoms with Crippen LogP contribution in [0.15, 0.2) is 16.6 Å². The fourth-order valence-electron chi connectivity index (χ4n) is 1.86. The first-order valence-corrected chi connectivity index (χ1v) is 6.30. The summed E-state index contributed by atoms with van der Waals surface area (Å²) in [5.74, 6) is -1.68. The fraction of sp³-hybridized carbons (Fsp3) is 0.333. The van der Waals surface area contributed by atoms with Gasteiger partial charge in [-0.3, -0.25) is 9.59 Å². The Labute approximate surface area is 112 Å². The molecule has 0 spiro atoms. The molecular weight excluding hydrogens is 303 g/mol.